The Morgan fingerprint density at radius 3 is 2.92 bits per heavy atom. The van der Waals surface area contributed by atoms with E-state index in [0.717, 1.165) is 50.2 Å². The molecule has 1 aromatic carbocycles. The first-order valence-corrected chi connectivity index (χ1v) is 9.62. The van der Waals surface area contributed by atoms with E-state index in [-0.39, 0.29) is 22.6 Å². The van der Waals surface area contributed by atoms with Crippen LogP contribution in [0.1, 0.15) is 31.2 Å². The fourth-order valence-electron chi connectivity index (χ4n) is 7.20. The quantitative estimate of drug-likeness (QED) is 0.729. The van der Waals surface area contributed by atoms with Crippen LogP contribution in [0.2, 0.25) is 0 Å². The Bertz CT molecular complexity index is 867. The van der Waals surface area contributed by atoms with Crippen molar-refractivity contribution in [2.24, 2.45) is 5.92 Å². The third-order valence-electron chi connectivity index (χ3n) is 8.20. The molecule has 5 nitrogen and oxygen atoms in total. The van der Waals surface area contributed by atoms with E-state index in [9.17, 15) is 4.79 Å². The molecule has 3 fully saturated rings. The van der Waals surface area contributed by atoms with Gasteiger partial charge in [0.15, 0.2) is 0 Å². The molecule has 1 saturated heterocycles. The number of fused-ring (bicyclic) bond motifs is 1. The van der Waals surface area contributed by atoms with E-state index in [1.807, 2.05) is 17.0 Å². The van der Waals surface area contributed by atoms with Gasteiger partial charge in [-0.1, -0.05) is 12.2 Å². The SMILES string of the molecule is COC(=O)N1c2ccc(OC)cc2[C@]23CCN4CC=C[C@@]45CC[C@@]12[C@@H]3C5. The zero-order valence-corrected chi connectivity index (χ0v) is 15.3. The first-order chi connectivity index (χ1) is 12.6. The summed E-state index contributed by atoms with van der Waals surface area (Å²) in [5.74, 6) is 1.39. The van der Waals surface area contributed by atoms with Gasteiger partial charge in [0.2, 0.25) is 0 Å². The third kappa shape index (κ3) is 1.34. The van der Waals surface area contributed by atoms with Gasteiger partial charge in [0.1, 0.15) is 5.75 Å². The van der Waals surface area contributed by atoms with Gasteiger partial charge in [0.05, 0.1) is 25.4 Å². The van der Waals surface area contributed by atoms with Crippen molar-refractivity contribution in [1.82, 2.24) is 4.90 Å². The minimum absolute atomic E-state index is 0.0622. The molecule has 1 amide bonds. The highest BCUT2D eigenvalue weighted by Gasteiger charge is 2.86. The molecule has 0 aromatic heterocycles. The molecule has 26 heavy (non-hydrogen) atoms. The Morgan fingerprint density at radius 2 is 2.12 bits per heavy atom. The second-order valence-corrected chi connectivity index (χ2v) is 8.54. The predicted molar refractivity (Wildman–Crippen MR) is 97.7 cm³/mol. The van der Waals surface area contributed by atoms with Crippen molar-refractivity contribution >= 4 is 11.8 Å². The van der Waals surface area contributed by atoms with Gasteiger partial charge in [-0.25, -0.2) is 4.79 Å². The molecule has 1 aromatic rings. The van der Waals surface area contributed by atoms with Gasteiger partial charge in [0, 0.05) is 24.0 Å². The average Bonchev–Trinajstić information content (AvgIpc) is 2.97. The normalized spacial score (nSPS) is 41.2. The van der Waals surface area contributed by atoms with Crippen LogP contribution in [0.25, 0.3) is 0 Å². The minimum atomic E-state index is -0.212. The Labute approximate surface area is 153 Å². The van der Waals surface area contributed by atoms with Crippen molar-refractivity contribution in [3.05, 3.63) is 35.9 Å². The molecule has 2 aliphatic carbocycles. The summed E-state index contributed by atoms with van der Waals surface area (Å²) in [5, 5.41) is 0. The highest BCUT2D eigenvalue weighted by Crippen LogP contribution is 2.81. The third-order valence-corrected chi connectivity index (χ3v) is 8.20. The Morgan fingerprint density at radius 1 is 1.23 bits per heavy atom. The molecule has 0 N–H and O–H groups in total. The van der Waals surface area contributed by atoms with E-state index in [4.69, 9.17) is 9.47 Å². The second-order valence-electron chi connectivity index (χ2n) is 8.54. The molecule has 6 rings (SSSR count). The number of nitrogens with zero attached hydrogens (tertiary/aromatic N) is 2. The largest absolute Gasteiger partial charge is 0.497 e. The number of carbonyl (C=O) groups excluding carboxylic acids is 1. The fourth-order valence-corrected chi connectivity index (χ4v) is 7.20. The summed E-state index contributed by atoms with van der Waals surface area (Å²) >= 11 is 0. The number of carbonyl (C=O) groups is 1. The van der Waals surface area contributed by atoms with Crippen LogP contribution >= 0.6 is 0 Å². The molecule has 136 valence electrons. The van der Waals surface area contributed by atoms with E-state index in [1.54, 1.807) is 7.11 Å². The van der Waals surface area contributed by atoms with Gasteiger partial charge in [-0.05, 0) is 55.4 Å². The molecular formula is C21H24N2O3. The highest BCUT2D eigenvalue weighted by molar-refractivity contribution is 5.97. The van der Waals surface area contributed by atoms with Crippen LogP contribution in [0.4, 0.5) is 10.5 Å². The van der Waals surface area contributed by atoms with Gasteiger partial charge < -0.3 is 9.47 Å². The lowest BCUT2D eigenvalue weighted by Crippen LogP contribution is -2.54. The van der Waals surface area contributed by atoms with Crippen LogP contribution in [0, 0.1) is 5.92 Å². The molecule has 3 spiro atoms. The number of anilines is 1. The summed E-state index contributed by atoms with van der Waals surface area (Å²) in [7, 11) is 3.21. The summed E-state index contributed by atoms with van der Waals surface area (Å²) < 4.78 is 10.8. The molecule has 5 heteroatoms. The number of methoxy groups -OCH3 is 2. The summed E-state index contributed by atoms with van der Waals surface area (Å²) in [6, 6.07) is 6.19. The molecule has 2 bridgehead atoms. The predicted octanol–water partition coefficient (Wildman–Crippen LogP) is 3.09. The van der Waals surface area contributed by atoms with E-state index < -0.39 is 0 Å². The topological polar surface area (TPSA) is 42.0 Å². The van der Waals surface area contributed by atoms with E-state index in [0.29, 0.717) is 5.92 Å². The fraction of sp³-hybridized carbons (Fsp3) is 0.571. The minimum Gasteiger partial charge on any atom is -0.497 e. The van der Waals surface area contributed by atoms with Crippen molar-refractivity contribution in [3.8, 4) is 5.75 Å². The summed E-state index contributed by atoms with van der Waals surface area (Å²) in [6.07, 6.45) is 8.99. The van der Waals surface area contributed by atoms with E-state index >= 15 is 0 Å². The number of amides is 1. The van der Waals surface area contributed by atoms with Crippen LogP contribution in [0.3, 0.4) is 0 Å². The van der Waals surface area contributed by atoms with Gasteiger partial charge in [0.25, 0.3) is 0 Å². The first-order valence-electron chi connectivity index (χ1n) is 9.62. The van der Waals surface area contributed by atoms with Gasteiger partial charge >= 0.3 is 6.09 Å². The van der Waals surface area contributed by atoms with Crippen molar-refractivity contribution in [2.45, 2.75) is 42.2 Å². The van der Waals surface area contributed by atoms with Crippen LogP contribution in [-0.4, -0.2) is 49.4 Å². The van der Waals surface area contributed by atoms with Crippen LogP contribution in [-0.2, 0) is 10.2 Å². The molecule has 3 heterocycles. The zero-order chi connectivity index (χ0) is 17.7. The van der Waals surface area contributed by atoms with Crippen molar-refractivity contribution in [2.75, 3.05) is 32.2 Å². The highest BCUT2D eigenvalue weighted by atomic mass is 16.5. The number of ether oxygens (including phenoxy) is 2. The summed E-state index contributed by atoms with van der Waals surface area (Å²) in [5.41, 5.74) is 2.51. The van der Waals surface area contributed by atoms with Crippen LogP contribution < -0.4 is 9.64 Å². The molecule has 0 unspecified atom stereocenters. The lowest BCUT2D eigenvalue weighted by molar-refractivity contribution is 0.104. The van der Waals surface area contributed by atoms with Gasteiger partial charge in [-0.15, -0.1) is 0 Å². The average molecular weight is 352 g/mol. The standard InChI is InChI=1S/C21H24N2O3/c1-25-14-4-5-16-15(12-14)20-9-11-22-10-3-6-19(22)7-8-21(20,17(20)13-19)23(16)18(24)26-2/h3-6,12,17H,7-11,13H2,1-2H3/t17-,19+,20+,21+/m1/s1. The van der Waals surface area contributed by atoms with Gasteiger partial charge in [-0.2, -0.15) is 0 Å². The molecule has 4 atom stereocenters. The molecule has 5 aliphatic rings. The number of hydrogen-bond acceptors (Lipinski definition) is 4. The lowest BCUT2D eigenvalue weighted by atomic mass is 9.78. The van der Waals surface area contributed by atoms with Crippen molar-refractivity contribution < 1.29 is 14.3 Å². The molecule has 0 radical (unpaired) electrons. The lowest BCUT2D eigenvalue weighted by Gasteiger charge is -2.45. The Balaban J connectivity index is 1.57. The maximum absolute atomic E-state index is 12.8. The molecule has 3 aliphatic heterocycles. The Kier molecular flexibility index (Phi) is 2.58. The van der Waals surface area contributed by atoms with E-state index in [1.165, 1.54) is 12.7 Å². The van der Waals surface area contributed by atoms with Crippen molar-refractivity contribution in [3.63, 3.8) is 0 Å². The number of benzene rings is 1. The van der Waals surface area contributed by atoms with Crippen LogP contribution in [0.5, 0.6) is 5.75 Å². The second kappa shape index (κ2) is 4.45. The zero-order valence-electron chi connectivity index (χ0n) is 15.3. The first kappa shape index (κ1) is 15.1. The number of rotatable bonds is 1. The molecule has 2 saturated carbocycles. The molecular weight excluding hydrogens is 328 g/mol. The number of hydrogen-bond donors (Lipinski definition) is 0. The Hall–Kier alpha value is -2.01. The maximum Gasteiger partial charge on any atom is 0.414 e. The monoisotopic (exact) mass is 352 g/mol. The smallest absolute Gasteiger partial charge is 0.414 e. The summed E-state index contributed by atoms with van der Waals surface area (Å²) in [6.45, 7) is 2.17. The van der Waals surface area contributed by atoms with Crippen LogP contribution in [0.15, 0.2) is 30.4 Å². The summed E-state index contributed by atoms with van der Waals surface area (Å²) in [4.78, 5) is 17.5. The van der Waals surface area contributed by atoms with Gasteiger partial charge in [-0.3, -0.25) is 9.80 Å². The van der Waals surface area contributed by atoms with E-state index in [2.05, 4.69) is 23.1 Å². The van der Waals surface area contributed by atoms with Crippen molar-refractivity contribution in [1.29, 1.82) is 0 Å². The maximum atomic E-state index is 12.8.